The first kappa shape index (κ1) is 11.5. The molecular formula is C11H22N2O. The van der Waals surface area contributed by atoms with E-state index < -0.39 is 5.54 Å². The Morgan fingerprint density at radius 2 is 1.71 bits per heavy atom. The number of primary amides is 1. The topological polar surface area (TPSA) is 69.1 Å². The molecule has 1 saturated carbocycles. The summed E-state index contributed by atoms with van der Waals surface area (Å²) in [6.45, 7) is 6.72. The molecule has 0 spiro atoms. The van der Waals surface area contributed by atoms with E-state index in [9.17, 15) is 4.79 Å². The smallest absolute Gasteiger partial charge is 0.237 e. The van der Waals surface area contributed by atoms with Gasteiger partial charge in [0.25, 0.3) is 0 Å². The van der Waals surface area contributed by atoms with Gasteiger partial charge in [-0.3, -0.25) is 4.79 Å². The molecule has 3 heteroatoms. The second-order valence-corrected chi connectivity index (χ2v) is 5.66. The van der Waals surface area contributed by atoms with Crippen LogP contribution < -0.4 is 11.5 Å². The van der Waals surface area contributed by atoms with Gasteiger partial charge in [0, 0.05) is 0 Å². The van der Waals surface area contributed by atoms with Crippen LogP contribution in [0.1, 0.15) is 46.5 Å². The molecule has 0 aromatic rings. The first-order chi connectivity index (χ1) is 6.26. The second-order valence-electron chi connectivity index (χ2n) is 5.66. The molecule has 1 rings (SSSR count). The Labute approximate surface area is 86.2 Å². The third kappa shape index (κ3) is 2.27. The fraction of sp³-hybridized carbons (Fsp3) is 0.909. The Morgan fingerprint density at radius 3 is 2.00 bits per heavy atom. The number of hydrogen-bond acceptors (Lipinski definition) is 2. The van der Waals surface area contributed by atoms with Crippen LogP contribution in [-0.2, 0) is 4.79 Å². The van der Waals surface area contributed by atoms with Crippen LogP contribution in [0.3, 0.4) is 0 Å². The second kappa shape index (κ2) is 3.54. The highest BCUT2D eigenvalue weighted by Gasteiger charge is 2.39. The van der Waals surface area contributed by atoms with Gasteiger partial charge in [0.2, 0.25) is 5.91 Å². The molecular weight excluding hydrogens is 176 g/mol. The van der Waals surface area contributed by atoms with Gasteiger partial charge >= 0.3 is 0 Å². The molecule has 1 aliphatic rings. The largest absolute Gasteiger partial charge is 0.368 e. The Balaban J connectivity index is 2.59. The molecule has 0 radical (unpaired) electrons. The van der Waals surface area contributed by atoms with E-state index in [1.54, 1.807) is 0 Å². The van der Waals surface area contributed by atoms with E-state index in [2.05, 4.69) is 20.8 Å². The van der Waals surface area contributed by atoms with Crippen LogP contribution in [0.15, 0.2) is 0 Å². The van der Waals surface area contributed by atoms with Crippen molar-refractivity contribution in [2.45, 2.75) is 52.0 Å². The maximum absolute atomic E-state index is 11.1. The average Bonchev–Trinajstić information content (AvgIpc) is 2.03. The van der Waals surface area contributed by atoms with Crippen LogP contribution >= 0.6 is 0 Å². The van der Waals surface area contributed by atoms with E-state index in [0.29, 0.717) is 11.3 Å². The molecule has 0 bridgehead atoms. The van der Waals surface area contributed by atoms with Gasteiger partial charge in [-0.15, -0.1) is 0 Å². The molecule has 0 aromatic carbocycles. The summed E-state index contributed by atoms with van der Waals surface area (Å²) in [5.74, 6) is 0.323. The van der Waals surface area contributed by atoms with E-state index in [0.717, 1.165) is 25.7 Å². The van der Waals surface area contributed by atoms with E-state index in [1.165, 1.54) is 0 Å². The highest BCUT2D eigenvalue weighted by atomic mass is 16.1. The van der Waals surface area contributed by atoms with Crippen molar-refractivity contribution in [2.24, 2.45) is 22.8 Å². The molecule has 4 N–H and O–H groups in total. The van der Waals surface area contributed by atoms with Crippen molar-refractivity contribution in [2.75, 3.05) is 0 Å². The van der Waals surface area contributed by atoms with Crippen molar-refractivity contribution in [1.29, 1.82) is 0 Å². The van der Waals surface area contributed by atoms with Gasteiger partial charge in [0.05, 0.1) is 5.54 Å². The highest BCUT2D eigenvalue weighted by molar-refractivity contribution is 5.84. The van der Waals surface area contributed by atoms with Crippen molar-refractivity contribution in [1.82, 2.24) is 0 Å². The molecule has 0 aliphatic heterocycles. The van der Waals surface area contributed by atoms with Crippen molar-refractivity contribution in [3.05, 3.63) is 0 Å². The molecule has 3 nitrogen and oxygen atoms in total. The Kier molecular flexibility index (Phi) is 2.91. The first-order valence-corrected chi connectivity index (χ1v) is 5.34. The van der Waals surface area contributed by atoms with E-state index >= 15 is 0 Å². The highest BCUT2D eigenvalue weighted by Crippen LogP contribution is 2.40. The maximum atomic E-state index is 11.1. The number of amides is 1. The number of carbonyl (C=O) groups excluding carboxylic acids is 1. The third-order valence-electron chi connectivity index (χ3n) is 3.59. The third-order valence-corrected chi connectivity index (χ3v) is 3.59. The molecule has 1 amide bonds. The van der Waals surface area contributed by atoms with Crippen molar-refractivity contribution in [3.8, 4) is 0 Å². The van der Waals surface area contributed by atoms with Gasteiger partial charge in [0.1, 0.15) is 0 Å². The fourth-order valence-electron chi connectivity index (χ4n) is 2.25. The van der Waals surface area contributed by atoms with Gasteiger partial charge in [0.15, 0.2) is 0 Å². The fourth-order valence-corrected chi connectivity index (χ4v) is 2.25. The molecule has 0 heterocycles. The van der Waals surface area contributed by atoms with Gasteiger partial charge in [-0.1, -0.05) is 20.8 Å². The predicted octanol–water partition coefficient (Wildman–Crippen LogP) is 1.41. The molecule has 82 valence electrons. The molecule has 0 unspecified atom stereocenters. The Hall–Kier alpha value is -0.570. The quantitative estimate of drug-likeness (QED) is 0.668. The van der Waals surface area contributed by atoms with E-state index in [-0.39, 0.29) is 5.91 Å². The summed E-state index contributed by atoms with van der Waals surface area (Å²) in [7, 11) is 0. The van der Waals surface area contributed by atoms with Crippen LogP contribution in [0.2, 0.25) is 0 Å². The molecule has 1 aliphatic carbocycles. The molecule has 0 atom stereocenters. The Bertz CT molecular complexity index is 222. The summed E-state index contributed by atoms with van der Waals surface area (Å²) in [4.78, 5) is 11.1. The summed E-state index contributed by atoms with van der Waals surface area (Å²) in [5, 5.41) is 0. The standard InChI is InChI=1S/C11H22N2O/c1-10(2,3)8-4-6-11(13,7-5-8)9(12)14/h8H,4-7,13H2,1-3H3,(H2,12,14). The van der Waals surface area contributed by atoms with Gasteiger partial charge < -0.3 is 11.5 Å². The van der Waals surface area contributed by atoms with Crippen LogP contribution in [-0.4, -0.2) is 11.4 Å². The van der Waals surface area contributed by atoms with Crippen molar-refractivity contribution in [3.63, 3.8) is 0 Å². The zero-order chi connectivity index (χ0) is 11.0. The lowest BCUT2D eigenvalue weighted by Gasteiger charge is -2.40. The minimum Gasteiger partial charge on any atom is -0.368 e. The van der Waals surface area contributed by atoms with E-state index in [4.69, 9.17) is 11.5 Å². The SMILES string of the molecule is CC(C)(C)C1CCC(N)(C(N)=O)CC1. The normalized spacial score (nSPS) is 34.1. The summed E-state index contributed by atoms with van der Waals surface area (Å²) in [6, 6.07) is 0. The van der Waals surface area contributed by atoms with Crippen LogP contribution in [0.25, 0.3) is 0 Å². The summed E-state index contributed by atoms with van der Waals surface area (Å²) < 4.78 is 0. The summed E-state index contributed by atoms with van der Waals surface area (Å²) in [6.07, 6.45) is 3.51. The van der Waals surface area contributed by atoms with Gasteiger partial charge in [-0.05, 0) is 37.0 Å². The number of hydrogen-bond donors (Lipinski definition) is 2. The monoisotopic (exact) mass is 198 g/mol. The summed E-state index contributed by atoms with van der Waals surface area (Å²) in [5.41, 5.74) is 10.8. The number of carbonyl (C=O) groups is 1. The van der Waals surface area contributed by atoms with Crippen molar-refractivity contribution >= 4 is 5.91 Å². The first-order valence-electron chi connectivity index (χ1n) is 5.34. The predicted molar refractivity (Wildman–Crippen MR) is 57.5 cm³/mol. The average molecular weight is 198 g/mol. The summed E-state index contributed by atoms with van der Waals surface area (Å²) >= 11 is 0. The molecule has 0 aromatic heterocycles. The van der Waals surface area contributed by atoms with E-state index in [1.807, 2.05) is 0 Å². The lowest BCUT2D eigenvalue weighted by molar-refractivity contribution is -0.124. The zero-order valence-electron chi connectivity index (χ0n) is 9.47. The molecule has 1 fully saturated rings. The van der Waals surface area contributed by atoms with Gasteiger partial charge in [-0.25, -0.2) is 0 Å². The van der Waals surface area contributed by atoms with Crippen LogP contribution in [0, 0.1) is 11.3 Å². The zero-order valence-corrected chi connectivity index (χ0v) is 9.47. The number of rotatable bonds is 1. The Morgan fingerprint density at radius 1 is 1.29 bits per heavy atom. The molecule has 14 heavy (non-hydrogen) atoms. The van der Waals surface area contributed by atoms with Crippen molar-refractivity contribution < 1.29 is 4.79 Å². The lowest BCUT2D eigenvalue weighted by atomic mass is 9.67. The van der Waals surface area contributed by atoms with Crippen LogP contribution in [0.4, 0.5) is 0 Å². The molecule has 0 saturated heterocycles. The minimum atomic E-state index is -0.734. The lowest BCUT2D eigenvalue weighted by Crippen LogP contribution is -2.54. The maximum Gasteiger partial charge on any atom is 0.237 e. The van der Waals surface area contributed by atoms with Crippen LogP contribution in [0.5, 0.6) is 0 Å². The van der Waals surface area contributed by atoms with Gasteiger partial charge in [-0.2, -0.15) is 0 Å². The number of nitrogens with two attached hydrogens (primary N) is 2. The minimum absolute atomic E-state index is 0.318.